The maximum Gasteiger partial charge on any atom is 0.228 e. The third-order valence-corrected chi connectivity index (χ3v) is 7.96. The molecule has 3 aromatic rings. The van der Waals surface area contributed by atoms with Gasteiger partial charge in [-0.1, -0.05) is 35.9 Å². The maximum absolute atomic E-state index is 13.9. The highest BCUT2D eigenvalue weighted by Gasteiger charge is 2.43. The largest absolute Gasteiger partial charge is 0.368 e. The van der Waals surface area contributed by atoms with Crippen LogP contribution in [0.5, 0.6) is 0 Å². The minimum absolute atomic E-state index is 0.0931. The summed E-state index contributed by atoms with van der Waals surface area (Å²) in [6, 6.07) is 20.4. The van der Waals surface area contributed by atoms with Gasteiger partial charge in [-0.25, -0.2) is 0 Å². The summed E-state index contributed by atoms with van der Waals surface area (Å²) in [5.74, 6) is 0.0330. The molecule has 2 saturated heterocycles. The van der Waals surface area contributed by atoms with E-state index in [9.17, 15) is 9.59 Å². The number of thiophene rings is 1. The van der Waals surface area contributed by atoms with E-state index in [4.69, 9.17) is 0 Å². The SMILES string of the molecule is Cc1ccc(N2C(=O)CCC(C(=O)N3CCN(c4cccc(C)c4)CC3)C2c2cccs2)cc1. The Bertz CT molecular complexity index is 1150. The Morgan fingerprint density at radius 2 is 1.65 bits per heavy atom. The van der Waals surface area contributed by atoms with E-state index in [0.29, 0.717) is 25.9 Å². The fourth-order valence-electron chi connectivity index (χ4n) is 5.19. The van der Waals surface area contributed by atoms with Crippen LogP contribution in [0.2, 0.25) is 0 Å². The molecule has 0 aliphatic carbocycles. The van der Waals surface area contributed by atoms with Gasteiger partial charge >= 0.3 is 0 Å². The molecule has 6 heteroatoms. The zero-order valence-electron chi connectivity index (χ0n) is 19.8. The van der Waals surface area contributed by atoms with Gasteiger partial charge in [-0.2, -0.15) is 0 Å². The van der Waals surface area contributed by atoms with E-state index in [1.807, 2.05) is 52.4 Å². The number of piperidine rings is 1. The highest BCUT2D eigenvalue weighted by Crippen LogP contribution is 2.42. The van der Waals surface area contributed by atoms with Gasteiger partial charge in [0.2, 0.25) is 11.8 Å². The van der Waals surface area contributed by atoms with Crippen LogP contribution in [-0.4, -0.2) is 42.9 Å². The van der Waals surface area contributed by atoms with Crippen molar-refractivity contribution in [1.82, 2.24) is 4.90 Å². The summed E-state index contributed by atoms with van der Waals surface area (Å²) in [5, 5.41) is 2.03. The molecular formula is C28H31N3O2S. The van der Waals surface area contributed by atoms with Crippen molar-refractivity contribution in [2.45, 2.75) is 32.7 Å². The minimum atomic E-state index is -0.258. The average Bonchev–Trinajstić information content (AvgIpc) is 3.39. The highest BCUT2D eigenvalue weighted by molar-refractivity contribution is 7.10. The lowest BCUT2D eigenvalue weighted by Crippen LogP contribution is -2.54. The number of carbonyl (C=O) groups is 2. The number of anilines is 2. The minimum Gasteiger partial charge on any atom is -0.368 e. The van der Waals surface area contributed by atoms with Gasteiger partial charge in [-0.05, 0) is 61.5 Å². The number of piperazine rings is 1. The Morgan fingerprint density at radius 1 is 0.882 bits per heavy atom. The number of aryl methyl sites for hydroxylation is 2. The van der Waals surface area contributed by atoms with Gasteiger partial charge < -0.3 is 14.7 Å². The predicted molar refractivity (Wildman–Crippen MR) is 138 cm³/mol. The molecule has 5 rings (SSSR count). The molecule has 5 nitrogen and oxygen atoms in total. The molecule has 2 fully saturated rings. The maximum atomic E-state index is 13.9. The van der Waals surface area contributed by atoms with Crippen molar-refractivity contribution in [3.63, 3.8) is 0 Å². The topological polar surface area (TPSA) is 43.9 Å². The number of hydrogen-bond donors (Lipinski definition) is 0. The van der Waals surface area contributed by atoms with E-state index in [0.717, 1.165) is 29.2 Å². The van der Waals surface area contributed by atoms with E-state index >= 15 is 0 Å². The van der Waals surface area contributed by atoms with Crippen LogP contribution in [0.15, 0.2) is 66.0 Å². The zero-order valence-corrected chi connectivity index (χ0v) is 20.6. The summed E-state index contributed by atoms with van der Waals surface area (Å²) in [5.41, 5.74) is 4.49. The molecule has 0 saturated carbocycles. The first-order chi connectivity index (χ1) is 16.5. The summed E-state index contributed by atoms with van der Waals surface area (Å²) in [6.45, 7) is 7.22. The fourth-order valence-corrected chi connectivity index (χ4v) is 6.07. The quantitative estimate of drug-likeness (QED) is 0.523. The standard InChI is InChI=1S/C28H31N3O2S/c1-20-8-10-22(11-9-20)31-26(32)13-12-24(27(31)25-7-4-18-34-25)28(33)30-16-14-29(15-17-30)23-6-3-5-21(2)19-23/h3-11,18-19,24,27H,12-17H2,1-2H3. The molecule has 2 unspecified atom stereocenters. The van der Waals surface area contributed by atoms with Gasteiger partial charge in [0.25, 0.3) is 0 Å². The van der Waals surface area contributed by atoms with Crippen LogP contribution in [0, 0.1) is 19.8 Å². The molecule has 0 bridgehead atoms. The molecule has 34 heavy (non-hydrogen) atoms. The summed E-state index contributed by atoms with van der Waals surface area (Å²) in [6.07, 6.45) is 0.996. The molecule has 176 valence electrons. The second-order valence-electron chi connectivity index (χ2n) is 9.36. The van der Waals surface area contributed by atoms with Gasteiger partial charge in [0.15, 0.2) is 0 Å². The first-order valence-electron chi connectivity index (χ1n) is 12.0. The van der Waals surface area contributed by atoms with Crippen LogP contribution in [-0.2, 0) is 9.59 Å². The van der Waals surface area contributed by atoms with Crippen molar-refractivity contribution in [3.05, 3.63) is 82.0 Å². The lowest BCUT2D eigenvalue weighted by Gasteiger charge is -2.43. The van der Waals surface area contributed by atoms with Crippen LogP contribution in [0.1, 0.15) is 34.9 Å². The van der Waals surface area contributed by atoms with Gasteiger partial charge in [0.1, 0.15) is 0 Å². The van der Waals surface area contributed by atoms with Crippen molar-refractivity contribution in [1.29, 1.82) is 0 Å². The lowest BCUT2D eigenvalue weighted by atomic mass is 9.85. The third kappa shape index (κ3) is 4.47. The number of carbonyl (C=O) groups excluding carboxylic acids is 2. The molecular weight excluding hydrogens is 442 g/mol. The van der Waals surface area contributed by atoms with E-state index in [1.54, 1.807) is 11.3 Å². The monoisotopic (exact) mass is 473 g/mol. The number of amides is 2. The van der Waals surface area contributed by atoms with Crippen molar-refractivity contribution < 1.29 is 9.59 Å². The molecule has 0 N–H and O–H groups in total. The first kappa shape index (κ1) is 22.7. The van der Waals surface area contributed by atoms with E-state index in [2.05, 4.69) is 42.2 Å². The molecule has 3 heterocycles. The van der Waals surface area contributed by atoms with E-state index in [1.165, 1.54) is 11.3 Å². The molecule has 1 aromatic heterocycles. The van der Waals surface area contributed by atoms with Crippen LogP contribution >= 0.6 is 11.3 Å². The Kier molecular flexibility index (Phi) is 6.42. The fraction of sp³-hybridized carbons (Fsp3) is 0.357. The molecule has 2 atom stereocenters. The summed E-state index contributed by atoms with van der Waals surface area (Å²) >= 11 is 1.63. The molecule has 2 aromatic carbocycles. The van der Waals surface area contributed by atoms with E-state index in [-0.39, 0.29) is 23.8 Å². The second-order valence-corrected chi connectivity index (χ2v) is 10.3. The third-order valence-electron chi connectivity index (χ3n) is 7.02. The van der Waals surface area contributed by atoms with Crippen molar-refractivity contribution in [3.8, 4) is 0 Å². The van der Waals surface area contributed by atoms with Gasteiger partial charge in [-0.3, -0.25) is 9.59 Å². The van der Waals surface area contributed by atoms with Gasteiger partial charge in [-0.15, -0.1) is 11.3 Å². The number of rotatable bonds is 4. The molecule has 2 aliphatic rings. The first-order valence-corrected chi connectivity index (χ1v) is 12.9. The Hall–Kier alpha value is -3.12. The Balaban J connectivity index is 1.38. The van der Waals surface area contributed by atoms with E-state index < -0.39 is 0 Å². The predicted octanol–water partition coefficient (Wildman–Crippen LogP) is 5.20. The summed E-state index contributed by atoms with van der Waals surface area (Å²) < 4.78 is 0. The van der Waals surface area contributed by atoms with Crippen molar-refractivity contribution in [2.75, 3.05) is 36.0 Å². The number of benzene rings is 2. The van der Waals surface area contributed by atoms with Crippen LogP contribution in [0.4, 0.5) is 11.4 Å². The van der Waals surface area contributed by atoms with Crippen LogP contribution in [0.25, 0.3) is 0 Å². The normalized spacial score (nSPS) is 21.1. The molecule has 0 spiro atoms. The van der Waals surface area contributed by atoms with Crippen molar-refractivity contribution in [2.24, 2.45) is 5.92 Å². The lowest BCUT2D eigenvalue weighted by molar-refractivity contribution is -0.138. The summed E-state index contributed by atoms with van der Waals surface area (Å²) in [4.78, 5) is 34.3. The average molecular weight is 474 g/mol. The van der Waals surface area contributed by atoms with Gasteiger partial charge in [0.05, 0.1) is 12.0 Å². The highest BCUT2D eigenvalue weighted by atomic mass is 32.1. The van der Waals surface area contributed by atoms with Crippen molar-refractivity contribution >= 4 is 34.5 Å². The smallest absolute Gasteiger partial charge is 0.228 e. The second kappa shape index (κ2) is 9.63. The van der Waals surface area contributed by atoms with Crippen LogP contribution in [0.3, 0.4) is 0 Å². The Labute approximate surface area is 205 Å². The zero-order chi connectivity index (χ0) is 23.7. The summed E-state index contributed by atoms with van der Waals surface area (Å²) in [7, 11) is 0. The molecule has 0 radical (unpaired) electrons. The number of nitrogens with zero attached hydrogens (tertiary/aromatic N) is 3. The van der Waals surface area contributed by atoms with Gasteiger partial charge in [0, 0.05) is 48.9 Å². The van der Waals surface area contributed by atoms with Crippen LogP contribution < -0.4 is 9.80 Å². The molecule has 2 amide bonds. The molecule has 2 aliphatic heterocycles. The Morgan fingerprint density at radius 3 is 2.32 bits per heavy atom. The number of hydrogen-bond acceptors (Lipinski definition) is 4.